The summed E-state index contributed by atoms with van der Waals surface area (Å²) in [5.41, 5.74) is 2.10. The average Bonchev–Trinajstić information content (AvgIpc) is 3.06. The predicted molar refractivity (Wildman–Crippen MR) is 121 cm³/mol. The Morgan fingerprint density at radius 1 is 1.03 bits per heavy atom. The van der Waals surface area contributed by atoms with Gasteiger partial charge in [0.15, 0.2) is 16.6 Å². The van der Waals surface area contributed by atoms with E-state index in [2.05, 4.69) is 5.32 Å². The van der Waals surface area contributed by atoms with Crippen LogP contribution in [0, 0.1) is 5.82 Å². The number of nitrogens with zero attached hydrogens (tertiary/aromatic N) is 1. The highest BCUT2D eigenvalue weighted by molar-refractivity contribution is 7.80. The van der Waals surface area contributed by atoms with Crippen LogP contribution in [0.15, 0.2) is 78.5 Å². The predicted octanol–water partition coefficient (Wildman–Crippen LogP) is 4.68. The number of thiocarbonyl (C=S) groups is 1. The molecule has 0 unspecified atom stereocenters. The maximum atomic E-state index is 14.1. The van der Waals surface area contributed by atoms with Gasteiger partial charge in [-0.15, -0.1) is 0 Å². The summed E-state index contributed by atoms with van der Waals surface area (Å²) in [6.45, 7) is 0.406. The number of benzene rings is 3. The number of halogens is 1. The number of para-hydroxylation sites is 1. The van der Waals surface area contributed by atoms with E-state index in [1.54, 1.807) is 43.5 Å². The van der Waals surface area contributed by atoms with Crippen molar-refractivity contribution in [3.63, 3.8) is 0 Å². The molecule has 1 heterocycles. The number of hydrogen-bond acceptors (Lipinski definition) is 4. The minimum Gasteiger partial charge on any atom is -0.493 e. The van der Waals surface area contributed by atoms with E-state index in [9.17, 15) is 9.18 Å². The van der Waals surface area contributed by atoms with E-state index in [0.717, 1.165) is 10.5 Å². The molecule has 0 saturated carbocycles. The summed E-state index contributed by atoms with van der Waals surface area (Å²) in [4.78, 5) is 14.0. The molecule has 31 heavy (non-hydrogen) atoms. The number of amides is 1. The number of rotatable bonds is 6. The van der Waals surface area contributed by atoms with Crippen molar-refractivity contribution in [1.82, 2.24) is 5.32 Å². The second kappa shape index (κ2) is 8.97. The molecule has 0 spiro atoms. The molecule has 4 rings (SSSR count). The van der Waals surface area contributed by atoms with Gasteiger partial charge >= 0.3 is 0 Å². The number of anilines is 1. The standard InChI is InChI=1S/C24H19FN2O3S/c1-29-22-14-17(11-12-21(22)30-15-16-7-3-2-4-8-16)13-19-23(28)27(24(31)26-19)20-10-6-5-9-18(20)25/h2-14H,15H2,1H3,(H,26,31)/b19-13-. The van der Waals surface area contributed by atoms with Crippen LogP contribution in [0.25, 0.3) is 6.08 Å². The number of nitrogens with one attached hydrogen (secondary N) is 1. The fourth-order valence-electron chi connectivity index (χ4n) is 3.18. The van der Waals surface area contributed by atoms with Gasteiger partial charge in [0.1, 0.15) is 18.1 Å². The Labute approximate surface area is 184 Å². The number of carbonyl (C=O) groups is 1. The summed E-state index contributed by atoms with van der Waals surface area (Å²) in [6, 6.07) is 21.1. The summed E-state index contributed by atoms with van der Waals surface area (Å²) in [5, 5.41) is 2.98. The van der Waals surface area contributed by atoms with Crippen LogP contribution in [-0.4, -0.2) is 18.1 Å². The van der Waals surface area contributed by atoms with E-state index in [-0.39, 0.29) is 16.5 Å². The van der Waals surface area contributed by atoms with Crippen molar-refractivity contribution in [3.8, 4) is 11.5 Å². The van der Waals surface area contributed by atoms with E-state index in [1.807, 2.05) is 30.3 Å². The molecule has 7 heteroatoms. The van der Waals surface area contributed by atoms with Crippen molar-refractivity contribution >= 4 is 35.0 Å². The van der Waals surface area contributed by atoms with Gasteiger partial charge in [0.2, 0.25) is 0 Å². The molecular formula is C24H19FN2O3S. The Bertz CT molecular complexity index is 1160. The van der Waals surface area contributed by atoms with Crippen LogP contribution >= 0.6 is 12.2 Å². The molecule has 5 nitrogen and oxygen atoms in total. The highest BCUT2D eigenvalue weighted by Crippen LogP contribution is 2.31. The van der Waals surface area contributed by atoms with Crippen LogP contribution in [0.2, 0.25) is 0 Å². The molecule has 0 radical (unpaired) electrons. The minimum absolute atomic E-state index is 0.107. The first kappa shape index (κ1) is 20.6. The Hall–Kier alpha value is -3.71. The number of hydrogen-bond donors (Lipinski definition) is 1. The lowest BCUT2D eigenvalue weighted by Crippen LogP contribution is -2.31. The van der Waals surface area contributed by atoms with Crippen molar-refractivity contribution in [2.75, 3.05) is 12.0 Å². The molecule has 1 aliphatic heterocycles. The number of carbonyl (C=O) groups excluding carboxylic acids is 1. The summed E-state index contributed by atoms with van der Waals surface area (Å²) >= 11 is 5.24. The molecule has 0 bridgehead atoms. The fraction of sp³-hybridized carbons (Fsp3) is 0.0833. The lowest BCUT2D eigenvalue weighted by atomic mass is 10.1. The Balaban J connectivity index is 1.55. The van der Waals surface area contributed by atoms with Gasteiger partial charge in [0.25, 0.3) is 5.91 Å². The Kier molecular flexibility index (Phi) is 5.95. The van der Waals surface area contributed by atoms with Crippen molar-refractivity contribution < 1.29 is 18.7 Å². The van der Waals surface area contributed by atoms with Crippen LogP contribution in [0.4, 0.5) is 10.1 Å². The van der Waals surface area contributed by atoms with Crippen LogP contribution in [0.3, 0.4) is 0 Å². The zero-order valence-electron chi connectivity index (χ0n) is 16.7. The lowest BCUT2D eigenvalue weighted by Gasteiger charge is -2.14. The zero-order valence-corrected chi connectivity index (χ0v) is 17.5. The maximum Gasteiger partial charge on any atom is 0.281 e. The van der Waals surface area contributed by atoms with E-state index in [1.165, 1.54) is 12.1 Å². The minimum atomic E-state index is -0.525. The third kappa shape index (κ3) is 4.41. The second-order valence-corrected chi connectivity index (χ2v) is 7.15. The lowest BCUT2D eigenvalue weighted by molar-refractivity contribution is -0.113. The van der Waals surface area contributed by atoms with Gasteiger partial charge in [0.05, 0.1) is 12.8 Å². The molecule has 3 aromatic carbocycles. The molecular weight excluding hydrogens is 415 g/mol. The normalized spacial score (nSPS) is 14.6. The van der Waals surface area contributed by atoms with Gasteiger partial charge in [-0.1, -0.05) is 48.5 Å². The third-order valence-corrected chi connectivity index (χ3v) is 4.99. The third-order valence-electron chi connectivity index (χ3n) is 4.71. The Morgan fingerprint density at radius 2 is 1.77 bits per heavy atom. The van der Waals surface area contributed by atoms with Gasteiger partial charge in [-0.3, -0.25) is 4.79 Å². The van der Waals surface area contributed by atoms with E-state index < -0.39 is 11.7 Å². The van der Waals surface area contributed by atoms with Crippen LogP contribution in [-0.2, 0) is 11.4 Å². The first-order valence-electron chi connectivity index (χ1n) is 9.53. The molecule has 1 saturated heterocycles. The summed E-state index contributed by atoms with van der Waals surface area (Å²) in [7, 11) is 1.55. The molecule has 1 fully saturated rings. The molecule has 0 atom stereocenters. The first-order valence-corrected chi connectivity index (χ1v) is 9.94. The van der Waals surface area contributed by atoms with Crippen LogP contribution in [0.5, 0.6) is 11.5 Å². The van der Waals surface area contributed by atoms with Crippen molar-refractivity contribution in [2.45, 2.75) is 6.61 Å². The second-order valence-electron chi connectivity index (χ2n) is 6.76. The van der Waals surface area contributed by atoms with Crippen LogP contribution < -0.4 is 19.7 Å². The van der Waals surface area contributed by atoms with Gasteiger partial charge in [-0.25, -0.2) is 9.29 Å². The number of ether oxygens (including phenoxy) is 2. The molecule has 0 aliphatic carbocycles. The summed E-state index contributed by atoms with van der Waals surface area (Å²) < 4.78 is 25.5. The van der Waals surface area contributed by atoms with E-state index >= 15 is 0 Å². The molecule has 3 aromatic rings. The van der Waals surface area contributed by atoms with Crippen molar-refractivity contribution in [3.05, 3.63) is 95.4 Å². The van der Waals surface area contributed by atoms with Gasteiger partial charge < -0.3 is 14.8 Å². The largest absolute Gasteiger partial charge is 0.493 e. The SMILES string of the molecule is COc1cc(/C=C2\NC(=S)N(c3ccccc3F)C2=O)ccc1OCc1ccccc1. The average molecular weight is 434 g/mol. The summed E-state index contributed by atoms with van der Waals surface area (Å²) in [6.07, 6.45) is 1.64. The van der Waals surface area contributed by atoms with E-state index in [0.29, 0.717) is 23.7 Å². The summed E-state index contributed by atoms with van der Waals surface area (Å²) in [5.74, 6) is 0.160. The van der Waals surface area contributed by atoms with Crippen molar-refractivity contribution in [2.24, 2.45) is 0 Å². The highest BCUT2D eigenvalue weighted by Gasteiger charge is 2.33. The number of methoxy groups -OCH3 is 1. The van der Waals surface area contributed by atoms with Crippen molar-refractivity contribution in [1.29, 1.82) is 0 Å². The zero-order chi connectivity index (χ0) is 21.8. The van der Waals surface area contributed by atoms with Gasteiger partial charge in [0, 0.05) is 0 Å². The smallest absolute Gasteiger partial charge is 0.281 e. The molecule has 1 amide bonds. The molecule has 156 valence electrons. The highest BCUT2D eigenvalue weighted by atomic mass is 32.1. The first-order chi connectivity index (χ1) is 15.1. The van der Waals surface area contributed by atoms with E-state index in [4.69, 9.17) is 21.7 Å². The molecule has 0 aromatic heterocycles. The monoisotopic (exact) mass is 434 g/mol. The van der Waals surface area contributed by atoms with Gasteiger partial charge in [-0.2, -0.15) is 0 Å². The van der Waals surface area contributed by atoms with Gasteiger partial charge in [-0.05, 0) is 53.7 Å². The fourth-order valence-corrected chi connectivity index (χ4v) is 3.47. The molecule has 1 N–H and O–H groups in total. The topological polar surface area (TPSA) is 50.8 Å². The molecule has 1 aliphatic rings. The maximum absolute atomic E-state index is 14.1. The quantitative estimate of drug-likeness (QED) is 0.451. The van der Waals surface area contributed by atoms with Crippen LogP contribution in [0.1, 0.15) is 11.1 Å². The Morgan fingerprint density at radius 3 is 2.52 bits per heavy atom.